The molecular formula is C10H10BrF2N. The summed E-state index contributed by atoms with van der Waals surface area (Å²) in [6, 6.07) is 2.37. The molecule has 76 valence electrons. The normalized spacial score (nSPS) is 11.1. The summed E-state index contributed by atoms with van der Waals surface area (Å²) >= 11 is 3.22. The predicted octanol–water partition coefficient (Wildman–Crippen LogP) is 3.35. The topological polar surface area (TPSA) is 26.0 Å². The minimum atomic E-state index is -0.893. The van der Waals surface area contributed by atoms with Gasteiger partial charge in [0.05, 0.1) is 0 Å². The number of nitrogens with two attached hydrogens (primary N) is 1. The Morgan fingerprint density at radius 1 is 1.36 bits per heavy atom. The first kappa shape index (κ1) is 11.2. The van der Waals surface area contributed by atoms with Gasteiger partial charge in [-0.05, 0) is 18.6 Å². The van der Waals surface area contributed by atoms with Gasteiger partial charge in [0.2, 0.25) is 0 Å². The molecule has 1 aromatic carbocycles. The van der Waals surface area contributed by atoms with Crippen LogP contribution in [0.15, 0.2) is 18.2 Å². The molecule has 0 aliphatic rings. The van der Waals surface area contributed by atoms with Crippen molar-refractivity contribution in [1.29, 1.82) is 0 Å². The van der Waals surface area contributed by atoms with E-state index < -0.39 is 11.6 Å². The molecule has 4 heteroatoms. The van der Waals surface area contributed by atoms with Crippen LogP contribution in [0.5, 0.6) is 0 Å². The minimum absolute atomic E-state index is 0.117. The molecule has 0 saturated heterocycles. The van der Waals surface area contributed by atoms with Crippen LogP contribution in [0.3, 0.4) is 0 Å². The van der Waals surface area contributed by atoms with E-state index in [2.05, 4.69) is 15.9 Å². The van der Waals surface area contributed by atoms with Gasteiger partial charge in [-0.1, -0.05) is 28.1 Å². The smallest absolute Gasteiger partial charge is 0.168 e. The quantitative estimate of drug-likeness (QED) is 0.656. The van der Waals surface area contributed by atoms with E-state index in [0.717, 1.165) is 17.8 Å². The van der Waals surface area contributed by atoms with E-state index in [4.69, 9.17) is 5.73 Å². The third kappa shape index (κ3) is 2.54. The number of allylic oxidation sites excluding steroid dienone is 1. The van der Waals surface area contributed by atoms with E-state index in [-0.39, 0.29) is 11.3 Å². The number of hydrogen-bond donors (Lipinski definition) is 1. The standard InChI is InChI=1S/C10H10BrF2N/c11-6-2-1-3-7-9(14)5-4-8(12)10(7)13/h1,3-5H,2,6,14H2. The molecule has 0 aliphatic heterocycles. The fourth-order valence-corrected chi connectivity index (χ4v) is 1.28. The van der Waals surface area contributed by atoms with Gasteiger partial charge in [0.15, 0.2) is 11.6 Å². The van der Waals surface area contributed by atoms with Crippen molar-refractivity contribution in [2.45, 2.75) is 6.42 Å². The van der Waals surface area contributed by atoms with Crippen molar-refractivity contribution < 1.29 is 8.78 Å². The minimum Gasteiger partial charge on any atom is -0.398 e. The molecule has 0 bridgehead atoms. The summed E-state index contributed by atoms with van der Waals surface area (Å²) in [6.45, 7) is 0. The Kier molecular flexibility index (Phi) is 4.07. The first-order valence-corrected chi connectivity index (χ1v) is 5.25. The summed E-state index contributed by atoms with van der Waals surface area (Å²) in [5.74, 6) is -1.77. The lowest BCUT2D eigenvalue weighted by Crippen LogP contribution is -1.95. The number of anilines is 1. The van der Waals surface area contributed by atoms with Crippen LogP contribution >= 0.6 is 15.9 Å². The Bertz CT molecular complexity index is 350. The molecular weight excluding hydrogens is 252 g/mol. The molecule has 0 fully saturated rings. The largest absolute Gasteiger partial charge is 0.398 e. The van der Waals surface area contributed by atoms with Gasteiger partial charge in [0.1, 0.15) is 0 Å². The zero-order valence-electron chi connectivity index (χ0n) is 7.43. The highest BCUT2D eigenvalue weighted by atomic mass is 79.9. The number of alkyl halides is 1. The Morgan fingerprint density at radius 2 is 2.07 bits per heavy atom. The van der Waals surface area contributed by atoms with Crippen LogP contribution in [-0.2, 0) is 0 Å². The van der Waals surface area contributed by atoms with Gasteiger partial charge in [-0.25, -0.2) is 8.78 Å². The van der Waals surface area contributed by atoms with E-state index in [1.165, 1.54) is 12.1 Å². The number of rotatable bonds is 3. The first-order valence-electron chi connectivity index (χ1n) is 4.12. The number of nitrogen functional groups attached to an aromatic ring is 1. The summed E-state index contributed by atoms with van der Waals surface area (Å²) < 4.78 is 26.0. The Labute approximate surface area is 89.7 Å². The van der Waals surface area contributed by atoms with E-state index in [9.17, 15) is 8.78 Å². The second-order valence-corrected chi connectivity index (χ2v) is 3.54. The van der Waals surface area contributed by atoms with Gasteiger partial charge in [-0.15, -0.1) is 0 Å². The number of hydrogen-bond acceptors (Lipinski definition) is 1. The molecule has 0 aromatic heterocycles. The summed E-state index contributed by atoms with van der Waals surface area (Å²) in [5.41, 5.74) is 5.86. The molecule has 1 nitrogen and oxygen atoms in total. The lowest BCUT2D eigenvalue weighted by Gasteiger charge is -2.02. The van der Waals surface area contributed by atoms with Crippen molar-refractivity contribution in [2.75, 3.05) is 11.1 Å². The van der Waals surface area contributed by atoms with Crippen molar-refractivity contribution >= 4 is 27.7 Å². The molecule has 0 spiro atoms. The van der Waals surface area contributed by atoms with Gasteiger partial charge in [-0.3, -0.25) is 0 Å². The fraction of sp³-hybridized carbons (Fsp3) is 0.200. The molecule has 1 rings (SSSR count). The summed E-state index contributed by atoms with van der Waals surface area (Å²) in [5, 5.41) is 0.778. The Balaban J connectivity index is 3.00. The van der Waals surface area contributed by atoms with Crippen molar-refractivity contribution in [3.05, 3.63) is 35.4 Å². The molecule has 0 heterocycles. The highest BCUT2D eigenvalue weighted by molar-refractivity contribution is 9.09. The summed E-state index contributed by atoms with van der Waals surface area (Å²) in [6.07, 6.45) is 3.98. The molecule has 0 amide bonds. The number of benzene rings is 1. The molecule has 0 unspecified atom stereocenters. The van der Waals surface area contributed by atoms with Crippen molar-refractivity contribution in [3.63, 3.8) is 0 Å². The van der Waals surface area contributed by atoms with E-state index in [1.54, 1.807) is 6.08 Å². The molecule has 0 atom stereocenters. The Hall–Kier alpha value is -0.900. The van der Waals surface area contributed by atoms with Gasteiger partial charge >= 0.3 is 0 Å². The monoisotopic (exact) mass is 261 g/mol. The van der Waals surface area contributed by atoms with Crippen molar-refractivity contribution in [2.24, 2.45) is 0 Å². The van der Waals surface area contributed by atoms with Crippen molar-refractivity contribution in [3.8, 4) is 0 Å². The molecule has 2 N–H and O–H groups in total. The second-order valence-electron chi connectivity index (χ2n) is 2.74. The van der Waals surface area contributed by atoms with Crippen LogP contribution in [0.1, 0.15) is 12.0 Å². The van der Waals surface area contributed by atoms with Crippen LogP contribution in [0.25, 0.3) is 6.08 Å². The zero-order chi connectivity index (χ0) is 10.6. The predicted molar refractivity (Wildman–Crippen MR) is 58.2 cm³/mol. The van der Waals surface area contributed by atoms with Crippen LogP contribution in [0, 0.1) is 11.6 Å². The lowest BCUT2D eigenvalue weighted by molar-refractivity contribution is 0.507. The zero-order valence-corrected chi connectivity index (χ0v) is 9.02. The summed E-state index contributed by atoms with van der Waals surface area (Å²) in [4.78, 5) is 0. The van der Waals surface area contributed by atoms with Gasteiger partial charge in [0.25, 0.3) is 0 Å². The molecule has 0 saturated carbocycles. The van der Waals surface area contributed by atoms with E-state index in [0.29, 0.717) is 0 Å². The van der Waals surface area contributed by atoms with E-state index in [1.807, 2.05) is 0 Å². The van der Waals surface area contributed by atoms with Crippen LogP contribution in [0.4, 0.5) is 14.5 Å². The fourth-order valence-electron chi connectivity index (χ4n) is 1.01. The van der Waals surface area contributed by atoms with Gasteiger partial charge in [-0.2, -0.15) is 0 Å². The lowest BCUT2D eigenvalue weighted by atomic mass is 10.1. The van der Waals surface area contributed by atoms with Crippen LogP contribution in [0.2, 0.25) is 0 Å². The highest BCUT2D eigenvalue weighted by Gasteiger charge is 2.08. The van der Waals surface area contributed by atoms with Crippen LogP contribution < -0.4 is 5.73 Å². The maximum absolute atomic E-state index is 13.2. The third-order valence-electron chi connectivity index (χ3n) is 1.73. The SMILES string of the molecule is Nc1ccc(F)c(F)c1C=CCCBr. The average molecular weight is 262 g/mol. The molecule has 0 aliphatic carbocycles. The third-order valence-corrected chi connectivity index (χ3v) is 2.18. The highest BCUT2D eigenvalue weighted by Crippen LogP contribution is 2.20. The maximum atomic E-state index is 13.2. The summed E-state index contributed by atoms with van der Waals surface area (Å²) in [7, 11) is 0. The van der Waals surface area contributed by atoms with Gasteiger partial charge < -0.3 is 5.73 Å². The Morgan fingerprint density at radius 3 is 2.71 bits per heavy atom. The van der Waals surface area contributed by atoms with Crippen molar-refractivity contribution in [1.82, 2.24) is 0 Å². The van der Waals surface area contributed by atoms with Gasteiger partial charge in [0, 0.05) is 16.6 Å². The molecule has 1 aromatic rings. The number of halogens is 3. The molecule has 0 radical (unpaired) electrons. The first-order chi connectivity index (χ1) is 6.66. The average Bonchev–Trinajstić information content (AvgIpc) is 2.18. The second kappa shape index (κ2) is 5.10. The molecule has 14 heavy (non-hydrogen) atoms. The van der Waals surface area contributed by atoms with E-state index >= 15 is 0 Å². The maximum Gasteiger partial charge on any atom is 0.168 e. The van der Waals surface area contributed by atoms with Crippen LogP contribution in [-0.4, -0.2) is 5.33 Å².